The van der Waals surface area contributed by atoms with E-state index in [0.717, 1.165) is 11.3 Å². The minimum Gasteiger partial charge on any atom is -0.345 e. The van der Waals surface area contributed by atoms with Gasteiger partial charge in [-0.1, -0.05) is 19.3 Å². The van der Waals surface area contributed by atoms with E-state index in [1.165, 1.54) is 50.6 Å². The second-order valence-electron chi connectivity index (χ2n) is 7.80. The van der Waals surface area contributed by atoms with Crippen molar-refractivity contribution in [2.24, 2.45) is 11.7 Å². The summed E-state index contributed by atoms with van der Waals surface area (Å²) in [5.41, 5.74) is 8.83. The predicted molar refractivity (Wildman–Crippen MR) is 101 cm³/mol. The highest BCUT2D eigenvalue weighted by atomic mass is 35.5. The predicted octanol–water partition coefficient (Wildman–Crippen LogP) is 3.89. The van der Waals surface area contributed by atoms with E-state index in [4.69, 9.17) is 5.73 Å². The van der Waals surface area contributed by atoms with Crippen LogP contribution in [0.2, 0.25) is 0 Å². The van der Waals surface area contributed by atoms with Crippen LogP contribution in [0.25, 0.3) is 0 Å². The van der Waals surface area contributed by atoms with Crippen LogP contribution >= 0.6 is 12.4 Å². The number of aromatic nitrogens is 1. The summed E-state index contributed by atoms with van der Waals surface area (Å²) in [5.74, 6) is 0.582. The highest BCUT2D eigenvalue weighted by molar-refractivity contribution is 5.96. The molecular weight excluding hydrogens is 322 g/mol. The SMILES string of the molecule is Cc1cc(C(=O)NC(C)(CN)C2CC2)c(C)n1C1CCCCC1.Cl. The molecule has 1 aromatic heterocycles. The van der Waals surface area contributed by atoms with Crippen molar-refractivity contribution in [3.63, 3.8) is 0 Å². The van der Waals surface area contributed by atoms with E-state index in [1.807, 2.05) is 0 Å². The highest BCUT2D eigenvalue weighted by Gasteiger charge is 2.42. The van der Waals surface area contributed by atoms with Crippen LogP contribution in [0.4, 0.5) is 0 Å². The summed E-state index contributed by atoms with van der Waals surface area (Å²) < 4.78 is 2.39. The van der Waals surface area contributed by atoms with Gasteiger partial charge < -0.3 is 15.6 Å². The molecule has 4 nitrogen and oxygen atoms in total. The number of nitrogens with two attached hydrogens (primary N) is 1. The third-order valence-electron chi connectivity index (χ3n) is 5.97. The van der Waals surface area contributed by atoms with Crippen molar-refractivity contribution in [3.8, 4) is 0 Å². The minimum absolute atomic E-state index is 0. The first kappa shape index (κ1) is 19.3. The molecule has 1 atom stereocenters. The van der Waals surface area contributed by atoms with Crippen LogP contribution < -0.4 is 11.1 Å². The van der Waals surface area contributed by atoms with E-state index >= 15 is 0 Å². The molecule has 2 fully saturated rings. The molecule has 1 aromatic rings. The fourth-order valence-electron chi connectivity index (χ4n) is 4.28. The first-order valence-corrected chi connectivity index (χ1v) is 9.17. The van der Waals surface area contributed by atoms with Crippen molar-refractivity contribution in [1.29, 1.82) is 0 Å². The Labute approximate surface area is 152 Å². The van der Waals surface area contributed by atoms with Gasteiger partial charge in [0.05, 0.1) is 11.1 Å². The lowest BCUT2D eigenvalue weighted by Gasteiger charge is -2.30. The molecule has 2 aliphatic carbocycles. The smallest absolute Gasteiger partial charge is 0.253 e. The number of nitrogens with one attached hydrogen (secondary N) is 1. The van der Waals surface area contributed by atoms with Gasteiger partial charge in [-0.25, -0.2) is 0 Å². The average Bonchev–Trinajstić information content (AvgIpc) is 3.35. The van der Waals surface area contributed by atoms with Crippen LogP contribution in [0.1, 0.15) is 79.7 Å². The Hall–Kier alpha value is -1.000. The van der Waals surface area contributed by atoms with Gasteiger partial charge in [-0.2, -0.15) is 0 Å². The lowest BCUT2D eigenvalue weighted by atomic mass is 9.94. The van der Waals surface area contributed by atoms with Crippen molar-refractivity contribution < 1.29 is 4.79 Å². The van der Waals surface area contributed by atoms with E-state index in [-0.39, 0.29) is 23.9 Å². The summed E-state index contributed by atoms with van der Waals surface area (Å²) in [4.78, 5) is 12.8. The number of carbonyl (C=O) groups excluding carboxylic acids is 1. The summed E-state index contributed by atoms with van der Waals surface area (Å²) in [6.07, 6.45) is 8.77. The number of halogens is 1. The largest absolute Gasteiger partial charge is 0.345 e. The quantitative estimate of drug-likeness (QED) is 0.843. The maximum atomic E-state index is 12.8. The van der Waals surface area contributed by atoms with Gasteiger partial charge in [-0.3, -0.25) is 4.79 Å². The zero-order valence-electron chi connectivity index (χ0n) is 15.2. The van der Waals surface area contributed by atoms with E-state index in [0.29, 0.717) is 18.5 Å². The van der Waals surface area contributed by atoms with Crippen molar-refractivity contribution in [2.45, 2.75) is 77.3 Å². The summed E-state index contributed by atoms with van der Waals surface area (Å²) in [5, 5.41) is 3.23. The molecule has 1 unspecified atom stereocenters. The van der Waals surface area contributed by atoms with E-state index in [2.05, 4.69) is 36.7 Å². The lowest BCUT2D eigenvalue weighted by Crippen LogP contribution is -2.53. The molecule has 0 aromatic carbocycles. The van der Waals surface area contributed by atoms with Crippen LogP contribution in [0.15, 0.2) is 6.07 Å². The average molecular weight is 354 g/mol. The Kier molecular flexibility index (Phi) is 6.03. The summed E-state index contributed by atoms with van der Waals surface area (Å²) in [6.45, 7) is 6.81. The fraction of sp³-hybridized carbons (Fsp3) is 0.737. The van der Waals surface area contributed by atoms with Crippen molar-refractivity contribution in [2.75, 3.05) is 6.54 Å². The Morgan fingerprint density at radius 3 is 2.42 bits per heavy atom. The van der Waals surface area contributed by atoms with Crippen LogP contribution in [-0.4, -0.2) is 22.6 Å². The standard InChI is InChI=1S/C19H31N3O.ClH/c1-13-11-17(14(2)22(13)16-7-5-4-6-8-16)18(23)21-19(3,12-20)15-9-10-15;/h11,15-16H,4-10,12,20H2,1-3H3,(H,21,23);1H. The molecule has 3 N–H and O–H groups in total. The topological polar surface area (TPSA) is 60.1 Å². The molecule has 1 heterocycles. The maximum absolute atomic E-state index is 12.8. The molecule has 136 valence electrons. The van der Waals surface area contributed by atoms with Crippen LogP contribution in [0, 0.1) is 19.8 Å². The minimum atomic E-state index is -0.260. The first-order chi connectivity index (χ1) is 11.0. The van der Waals surface area contributed by atoms with Crippen molar-refractivity contribution >= 4 is 18.3 Å². The van der Waals surface area contributed by atoms with E-state index in [1.54, 1.807) is 0 Å². The Balaban J connectivity index is 0.00000208. The molecule has 24 heavy (non-hydrogen) atoms. The van der Waals surface area contributed by atoms with E-state index < -0.39 is 0 Å². The first-order valence-electron chi connectivity index (χ1n) is 9.17. The molecule has 0 bridgehead atoms. The number of hydrogen-bond donors (Lipinski definition) is 2. The molecule has 1 amide bonds. The fourth-order valence-corrected chi connectivity index (χ4v) is 4.28. The monoisotopic (exact) mass is 353 g/mol. The second-order valence-corrected chi connectivity index (χ2v) is 7.80. The number of rotatable bonds is 5. The van der Waals surface area contributed by atoms with Crippen LogP contribution in [0.3, 0.4) is 0 Å². The summed E-state index contributed by atoms with van der Waals surface area (Å²) in [7, 11) is 0. The molecular formula is C19H32ClN3O. The third-order valence-corrected chi connectivity index (χ3v) is 5.97. The molecule has 3 rings (SSSR count). The zero-order valence-corrected chi connectivity index (χ0v) is 16.0. The molecule has 0 spiro atoms. The number of aryl methyl sites for hydroxylation is 1. The third kappa shape index (κ3) is 3.65. The molecule has 5 heteroatoms. The van der Waals surface area contributed by atoms with E-state index in [9.17, 15) is 4.79 Å². The van der Waals surface area contributed by atoms with Gasteiger partial charge in [0.2, 0.25) is 0 Å². The number of amides is 1. The van der Waals surface area contributed by atoms with Crippen molar-refractivity contribution in [3.05, 3.63) is 23.0 Å². The van der Waals surface area contributed by atoms with Gasteiger partial charge in [0.1, 0.15) is 0 Å². The van der Waals surface area contributed by atoms with Crippen LogP contribution in [0.5, 0.6) is 0 Å². The molecule has 2 saturated carbocycles. The number of carbonyl (C=O) groups is 1. The number of hydrogen-bond acceptors (Lipinski definition) is 2. The van der Waals surface area contributed by atoms with Gasteiger partial charge in [0.15, 0.2) is 0 Å². The number of nitrogens with zero attached hydrogens (tertiary/aromatic N) is 1. The summed E-state index contributed by atoms with van der Waals surface area (Å²) >= 11 is 0. The normalized spacial score (nSPS) is 21.0. The Morgan fingerprint density at radius 1 is 1.25 bits per heavy atom. The van der Waals surface area contributed by atoms with Gasteiger partial charge in [-0.15, -0.1) is 12.4 Å². The summed E-state index contributed by atoms with van der Waals surface area (Å²) in [6, 6.07) is 2.62. The Morgan fingerprint density at radius 2 is 1.88 bits per heavy atom. The molecule has 0 aliphatic heterocycles. The van der Waals surface area contributed by atoms with Crippen molar-refractivity contribution in [1.82, 2.24) is 9.88 Å². The zero-order chi connectivity index (χ0) is 16.6. The Bertz CT molecular complexity index is 588. The van der Waals surface area contributed by atoms with Crippen LogP contribution in [-0.2, 0) is 0 Å². The van der Waals surface area contributed by atoms with Gasteiger partial charge in [-0.05, 0) is 58.4 Å². The molecule has 0 radical (unpaired) electrons. The van der Waals surface area contributed by atoms with Gasteiger partial charge in [0.25, 0.3) is 5.91 Å². The van der Waals surface area contributed by atoms with Gasteiger partial charge in [0, 0.05) is 24.0 Å². The van der Waals surface area contributed by atoms with Gasteiger partial charge >= 0.3 is 0 Å². The molecule has 2 aliphatic rings. The lowest BCUT2D eigenvalue weighted by molar-refractivity contribution is 0.0897. The maximum Gasteiger partial charge on any atom is 0.253 e. The molecule has 0 saturated heterocycles. The second kappa shape index (κ2) is 7.49. The highest BCUT2D eigenvalue weighted by Crippen LogP contribution is 2.39.